The molecule has 3 aromatic carbocycles. The standard InChI is InChI=1S/C23H21BrN2O3/c1-29-21(27)15-26-22(16-8-4-2-5-9-16)19-14-18(24)12-13-20(19)25-23(26,28)17-10-6-3-7-11-17/h2-14,22,25,28H,15H2,1H3/t22-,23+/m1/s1. The van der Waals surface area contributed by atoms with Crippen LogP contribution >= 0.6 is 15.9 Å². The number of benzene rings is 3. The molecule has 0 unspecified atom stereocenters. The van der Waals surface area contributed by atoms with Crippen LogP contribution in [0, 0.1) is 0 Å². The molecule has 0 radical (unpaired) electrons. The Balaban J connectivity index is 1.95. The number of esters is 1. The van der Waals surface area contributed by atoms with Crippen LogP contribution < -0.4 is 5.32 Å². The number of halogens is 1. The molecule has 29 heavy (non-hydrogen) atoms. The largest absolute Gasteiger partial charge is 0.468 e. The molecule has 0 amide bonds. The number of ether oxygens (including phenoxy) is 1. The number of aliphatic hydroxyl groups is 1. The minimum atomic E-state index is -1.60. The molecule has 5 nitrogen and oxygen atoms in total. The molecule has 0 spiro atoms. The summed E-state index contributed by atoms with van der Waals surface area (Å²) in [5, 5.41) is 15.1. The Bertz CT molecular complexity index is 1010. The Kier molecular flexibility index (Phi) is 5.41. The molecule has 0 fully saturated rings. The number of carbonyl (C=O) groups excluding carboxylic acids is 1. The lowest BCUT2D eigenvalue weighted by molar-refractivity contribution is -0.157. The summed E-state index contributed by atoms with van der Waals surface area (Å²) in [5.41, 5.74) is 3.36. The van der Waals surface area contributed by atoms with E-state index in [-0.39, 0.29) is 12.6 Å². The van der Waals surface area contributed by atoms with E-state index < -0.39 is 11.8 Å². The topological polar surface area (TPSA) is 61.8 Å². The summed E-state index contributed by atoms with van der Waals surface area (Å²) >= 11 is 3.55. The molecule has 4 rings (SSSR count). The Morgan fingerprint density at radius 3 is 2.41 bits per heavy atom. The molecule has 0 saturated carbocycles. The number of anilines is 1. The highest BCUT2D eigenvalue weighted by molar-refractivity contribution is 9.10. The van der Waals surface area contributed by atoms with Gasteiger partial charge in [-0.1, -0.05) is 76.6 Å². The summed E-state index contributed by atoms with van der Waals surface area (Å²) in [5.74, 6) is -2.03. The van der Waals surface area contributed by atoms with Crippen LogP contribution in [0.2, 0.25) is 0 Å². The Hall–Kier alpha value is -2.67. The van der Waals surface area contributed by atoms with Gasteiger partial charge in [0.2, 0.25) is 5.85 Å². The maximum Gasteiger partial charge on any atom is 0.320 e. The van der Waals surface area contributed by atoms with E-state index in [2.05, 4.69) is 21.2 Å². The van der Waals surface area contributed by atoms with Gasteiger partial charge < -0.3 is 15.2 Å². The van der Waals surface area contributed by atoms with Crippen molar-refractivity contribution in [2.24, 2.45) is 0 Å². The monoisotopic (exact) mass is 452 g/mol. The molecule has 148 valence electrons. The molecular formula is C23H21BrN2O3. The molecule has 0 bridgehead atoms. The normalized spacial score (nSPS) is 21.1. The van der Waals surface area contributed by atoms with Crippen molar-refractivity contribution < 1.29 is 14.6 Å². The quantitative estimate of drug-likeness (QED) is 0.579. The van der Waals surface area contributed by atoms with E-state index >= 15 is 0 Å². The second-order valence-corrected chi connectivity index (χ2v) is 7.83. The van der Waals surface area contributed by atoms with Crippen molar-refractivity contribution >= 4 is 27.6 Å². The van der Waals surface area contributed by atoms with Crippen LogP contribution in [0.25, 0.3) is 0 Å². The second kappa shape index (κ2) is 7.99. The fraction of sp³-hybridized carbons (Fsp3) is 0.174. The van der Waals surface area contributed by atoms with Gasteiger partial charge in [-0.3, -0.25) is 4.79 Å². The van der Waals surface area contributed by atoms with E-state index in [1.54, 1.807) is 4.90 Å². The first-order valence-corrected chi connectivity index (χ1v) is 10.1. The van der Waals surface area contributed by atoms with Crippen molar-refractivity contribution in [3.8, 4) is 0 Å². The molecule has 1 aliphatic heterocycles. The first-order valence-electron chi connectivity index (χ1n) is 9.27. The number of carbonyl (C=O) groups is 1. The van der Waals surface area contributed by atoms with Crippen LogP contribution in [0.5, 0.6) is 0 Å². The molecule has 6 heteroatoms. The van der Waals surface area contributed by atoms with Gasteiger partial charge >= 0.3 is 5.97 Å². The van der Waals surface area contributed by atoms with Crippen LogP contribution in [-0.2, 0) is 15.4 Å². The van der Waals surface area contributed by atoms with Gasteiger partial charge in [-0.05, 0) is 29.3 Å². The van der Waals surface area contributed by atoms with E-state index in [4.69, 9.17) is 4.74 Å². The lowest BCUT2D eigenvalue weighted by Crippen LogP contribution is -2.58. The van der Waals surface area contributed by atoms with Gasteiger partial charge in [0.25, 0.3) is 0 Å². The Labute approximate surface area is 178 Å². The summed E-state index contributed by atoms with van der Waals surface area (Å²) in [7, 11) is 1.35. The molecule has 0 aliphatic carbocycles. The Morgan fingerprint density at radius 2 is 1.76 bits per heavy atom. The zero-order chi connectivity index (χ0) is 20.4. The highest BCUT2D eigenvalue weighted by atomic mass is 79.9. The van der Waals surface area contributed by atoms with Crippen LogP contribution in [0.3, 0.4) is 0 Å². The number of rotatable bonds is 4. The first-order chi connectivity index (χ1) is 14.0. The van der Waals surface area contributed by atoms with Gasteiger partial charge in [-0.2, -0.15) is 0 Å². The van der Waals surface area contributed by atoms with Crippen molar-refractivity contribution in [2.75, 3.05) is 19.0 Å². The fourth-order valence-corrected chi connectivity index (χ4v) is 4.18. The average Bonchev–Trinajstić information content (AvgIpc) is 2.76. The highest BCUT2D eigenvalue weighted by Gasteiger charge is 2.47. The van der Waals surface area contributed by atoms with E-state index in [0.29, 0.717) is 5.56 Å². The summed E-state index contributed by atoms with van der Waals surface area (Å²) < 4.78 is 5.87. The molecule has 2 N–H and O–H groups in total. The smallest absolute Gasteiger partial charge is 0.320 e. The molecule has 1 heterocycles. The summed E-state index contributed by atoms with van der Waals surface area (Å²) in [6, 6.07) is 24.6. The van der Waals surface area contributed by atoms with Crippen LogP contribution in [-0.4, -0.2) is 29.6 Å². The Morgan fingerprint density at radius 1 is 1.10 bits per heavy atom. The predicted molar refractivity (Wildman–Crippen MR) is 115 cm³/mol. The molecule has 0 aromatic heterocycles. The number of hydrogen-bond donors (Lipinski definition) is 2. The van der Waals surface area contributed by atoms with Crippen molar-refractivity contribution in [1.82, 2.24) is 4.90 Å². The third kappa shape index (κ3) is 3.67. The van der Waals surface area contributed by atoms with E-state index in [0.717, 1.165) is 21.3 Å². The third-order valence-corrected chi connectivity index (χ3v) is 5.66. The average molecular weight is 453 g/mol. The minimum Gasteiger partial charge on any atom is -0.468 e. The zero-order valence-corrected chi connectivity index (χ0v) is 17.5. The van der Waals surface area contributed by atoms with Gasteiger partial charge in [0.05, 0.1) is 13.2 Å². The van der Waals surface area contributed by atoms with Crippen molar-refractivity contribution in [2.45, 2.75) is 11.9 Å². The highest BCUT2D eigenvalue weighted by Crippen LogP contribution is 2.46. The number of fused-ring (bicyclic) bond motifs is 1. The van der Waals surface area contributed by atoms with Gasteiger partial charge in [-0.25, -0.2) is 4.90 Å². The van der Waals surface area contributed by atoms with Crippen molar-refractivity contribution in [3.05, 3.63) is 100 Å². The first kappa shape index (κ1) is 19.6. The molecule has 3 aromatic rings. The molecule has 1 aliphatic rings. The van der Waals surface area contributed by atoms with Crippen LogP contribution in [0.15, 0.2) is 83.3 Å². The van der Waals surface area contributed by atoms with E-state index in [1.165, 1.54) is 7.11 Å². The SMILES string of the molecule is COC(=O)CN1[C@H](c2ccccc2)c2cc(Br)ccc2N[C@@]1(O)c1ccccc1. The van der Waals surface area contributed by atoms with Crippen LogP contribution in [0.1, 0.15) is 22.7 Å². The van der Waals surface area contributed by atoms with E-state index in [1.807, 2.05) is 78.9 Å². The van der Waals surface area contributed by atoms with Crippen LogP contribution in [0.4, 0.5) is 5.69 Å². The lowest BCUT2D eigenvalue weighted by Gasteiger charge is -2.49. The number of hydrogen-bond acceptors (Lipinski definition) is 5. The predicted octanol–water partition coefficient (Wildman–Crippen LogP) is 4.24. The van der Waals surface area contributed by atoms with Gasteiger partial charge in [0.1, 0.15) is 6.54 Å². The number of nitrogens with zero attached hydrogens (tertiary/aromatic N) is 1. The van der Waals surface area contributed by atoms with Crippen molar-refractivity contribution in [1.29, 1.82) is 0 Å². The fourth-order valence-electron chi connectivity index (χ4n) is 3.80. The van der Waals surface area contributed by atoms with Gasteiger partial charge in [-0.15, -0.1) is 0 Å². The van der Waals surface area contributed by atoms with E-state index in [9.17, 15) is 9.90 Å². The third-order valence-electron chi connectivity index (χ3n) is 5.16. The number of nitrogens with one attached hydrogen (secondary N) is 1. The van der Waals surface area contributed by atoms with Gasteiger partial charge in [0.15, 0.2) is 0 Å². The minimum absolute atomic E-state index is 0.0968. The molecule has 0 saturated heterocycles. The maximum atomic E-state index is 12.3. The second-order valence-electron chi connectivity index (χ2n) is 6.91. The van der Waals surface area contributed by atoms with Crippen molar-refractivity contribution in [3.63, 3.8) is 0 Å². The molecule has 2 atom stereocenters. The van der Waals surface area contributed by atoms with Gasteiger partial charge in [0, 0.05) is 15.7 Å². The number of methoxy groups -OCH3 is 1. The summed E-state index contributed by atoms with van der Waals surface area (Å²) in [6.45, 7) is -0.0968. The summed E-state index contributed by atoms with van der Waals surface area (Å²) in [4.78, 5) is 14.1. The zero-order valence-electron chi connectivity index (χ0n) is 15.9. The lowest BCUT2D eigenvalue weighted by atomic mass is 9.90. The summed E-state index contributed by atoms with van der Waals surface area (Å²) in [6.07, 6.45) is 0. The maximum absolute atomic E-state index is 12.3. The molecular weight excluding hydrogens is 432 g/mol.